The number of halogens is 2. The fraction of sp³-hybridized carbons (Fsp3) is 0.125. The molecule has 4 aromatic rings. The standard InChI is InChI=1S/C24H20Cl2N4O3/c1-13-5-4-6-16(29-12-31)24(13)30-20-8-15-10-27-17(7-14(15)11-28-20)21-22(25)18(32-2)9-19(33-3)23(21)26/h4-12H,1-3H3,(H,28,30)(H,29,31). The molecule has 9 heteroatoms. The van der Waals surface area contributed by atoms with Crippen LogP contribution < -0.4 is 20.1 Å². The van der Waals surface area contributed by atoms with Gasteiger partial charge in [-0.25, -0.2) is 4.98 Å². The Kier molecular flexibility index (Phi) is 6.53. The van der Waals surface area contributed by atoms with Crippen LogP contribution in [0.2, 0.25) is 10.0 Å². The highest BCUT2D eigenvalue weighted by atomic mass is 35.5. The number of para-hydroxylation sites is 1. The second kappa shape index (κ2) is 9.52. The molecule has 0 spiro atoms. The van der Waals surface area contributed by atoms with E-state index in [0.717, 1.165) is 22.0 Å². The van der Waals surface area contributed by atoms with E-state index in [0.29, 0.717) is 50.7 Å². The number of pyridine rings is 2. The molecular weight excluding hydrogens is 463 g/mol. The smallest absolute Gasteiger partial charge is 0.211 e. The van der Waals surface area contributed by atoms with E-state index < -0.39 is 0 Å². The van der Waals surface area contributed by atoms with Crippen molar-refractivity contribution in [3.8, 4) is 22.8 Å². The van der Waals surface area contributed by atoms with Crippen LogP contribution in [0.15, 0.2) is 48.8 Å². The summed E-state index contributed by atoms with van der Waals surface area (Å²) < 4.78 is 10.7. The van der Waals surface area contributed by atoms with Crippen molar-refractivity contribution in [2.75, 3.05) is 24.9 Å². The van der Waals surface area contributed by atoms with E-state index >= 15 is 0 Å². The molecule has 1 amide bonds. The first-order valence-corrected chi connectivity index (χ1v) is 10.7. The van der Waals surface area contributed by atoms with Gasteiger partial charge in [-0.05, 0) is 30.7 Å². The molecule has 0 radical (unpaired) electrons. The molecule has 2 aromatic heterocycles. The molecule has 2 heterocycles. The van der Waals surface area contributed by atoms with Crippen molar-refractivity contribution < 1.29 is 14.3 Å². The van der Waals surface area contributed by atoms with Crippen molar-refractivity contribution in [1.29, 1.82) is 0 Å². The van der Waals surface area contributed by atoms with Gasteiger partial charge in [-0.3, -0.25) is 9.78 Å². The number of carbonyl (C=O) groups excluding carboxylic acids is 1. The lowest BCUT2D eigenvalue weighted by Gasteiger charge is -2.15. The van der Waals surface area contributed by atoms with Gasteiger partial charge >= 0.3 is 0 Å². The van der Waals surface area contributed by atoms with Crippen LogP contribution in [-0.4, -0.2) is 30.6 Å². The van der Waals surface area contributed by atoms with Crippen LogP contribution in [0.4, 0.5) is 17.2 Å². The summed E-state index contributed by atoms with van der Waals surface area (Å²) in [6.07, 6.45) is 4.09. The zero-order valence-electron chi connectivity index (χ0n) is 18.1. The van der Waals surface area contributed by atoms with Gasteiger partial charge in [0.15, 0.2) is 0 Å². The van der Waals surface area contributed by atoms with Crippen LogP contribution in [0.1, 0.15) is 5.56 Å². The summed E-state index contributed by atoms with van der Waals surface area (Å²) in [5.74, 6) is 1.48. The molecule has 0 bridgehead atoms. The van der Waals surface area contributed by atoms with Gasteiger partial charge in [0, 0.05) is 34.8 Å². The van der Waals surface area contributed by atoms with E-state index in [1.54, 1.807) is 18.5 Å². The number of fused-ring (bicyclic) bond motifs is 1. The number of anilines is 3. The zero-order valence-corrected chi connectivity index (χ0v) is 19.6. The van der Waals surface area contributed by atoms with Crippen LogP contribution in [-0.2, 0) is 4.79 Å². The SMILES string of the molecule is COc1cc(OC)c(Cl)c(-c2cc3cnc(Nc4c(C)cccc4NC=O)cc3cn2)c1Cl. The van der Waals surface area contributed by atoms with Crippen LogP contribution >= 0.6 is 23.2 Å². The molecule has 4 rings (SSSR count). The highest BCUT2D eigenvalue weighted by Crippen LogP contribution is 2.45. The molecular formula is C24H20Cl2N4O3. The fourth-order valence-corrected chi connectivity index (χ4v) is 4.19. The first-order valence-electron chi connectivity index (χ1n) is 9.89. The Morgan fingerprint density at radius 2 is 1.61 bits per heavy atom. The molecule has 0 atom stereocenters. The summed E-state index contributed by atoms with van der Waals surface area (Å²) in [6.45, 7) is 1.95. The summed E-state index contributed by atoms with van der Waals surface area (Å²) in [4.78, 5) is 20.0. The molecule has 0 unspecified atom stereocenters. The summed E-state index contributed by atoms with van der Waals surface area (Å²) in [6, 6.07) is 11.0. The van der Waals surface area contributed by atoms with Gasteiger partial charge in [0.1, 0.15) is 17.3 Å². The fourth-order valence-electron chi connectivity index (χ4n) is 3.50. The van der Waals surface area contributed by atoms with Crippen LogP contribution in [0.5, 0.6) is 11.5 Å². The number of nitrogens with zero attached hydrogens (tertiary/aromatic N) is 2. The second-order valence-corrected chi connectivity index (χ2v) is 7.91. The third kappa shape index (κ3) is 4.37. The predicted octanol–water partition coefficient (Wildman–Crippen LogP) is 6.24. The summed E-state index contributed by atoms with van der Waals surface area (Å²) in [7, 11) is 3.05. The normalized spacial score (nSPS) is 10.7. The highest BCUT2D eigenvalue weighted by molar-refractivity contribution is 6.41. The number of carbonyl (C=O) groups is 1. The number of aromatic nitrogens is 2. The minimum atomic E-state index is 0.344. The zero-order chi connectivity index (χ0) is 23.5. The second-order valence-electron chi connectivity index (χ2n) is 7.15. The predicted molar refractivity (Wildman–Crippen MR) is 132 cm³/mol. The molecule has 0 saturated carbocycles. The molecule has 2 N–H and O–H groups in total. The largest absolute Gasteiger partial charge is 0.495 e. The van der Waals surface area contributed by atoms with E-state index in [-0.39, 0.29) is 0 Å². The summed E-state index contributed by atoms with van der Waals surface area (Å²) in [5.41, 5.74) is 3.48. The first kappa shape index (κ1) is 22.6. The number of rotatable bonds is 7. The quantitative estimate of drug-likeness (QED) is 0.303. The van der Waals surface area contributed by atoms with Gasteiger partial charge in [-0.15, -0.1) is 0 Å². The van der Waals surface area contributed by atoms with Crippen LogP contribution in [0, 0.1) is 6.92 Å². The molecule has 7 nitrogen and oxygen atoms in total. The van der Waals surface area contributed by atoms with Gasteiger partial charge in [-0.1, -0.05) is 35.3 Å². The topological polar surface area (TPSA) is 85.4 Å². The third-order valence-corrected chi connectivity index (χ3v) is 5.92. The van der Waals surface area contributed by atoms with Crippen LogP contribution in [0.3, 0.4) is 0 Å². The Bertz CT molecular complexity index is 1330. The van der Waals surface area contributed by atoms with E-state index in [1.165, 1.54) is 14.2 Å². The van der Waals surface area contributed by atoms with E-state index in [1.807, 2.05) is 37.3 Å². The van der Waals surface area contributed by atoms with Gasteiger partial charge in [-0.2, -0.15) is 0 Å². The number of benzene rings is 2. The summed E-state index contributed by atoms with van der Waals surface area (Å²) >= 11 is 13.1. The maximum atomic E-state index is 10.9. The molecule has 33 heavy (non-hydrogen) atoms. The van der Waals surface area contributed by atoms with Gasteiger partial charge in [0.25, 0.3) is 0 Å². The third-order valence-electron chi connectivity index (χ3n) is 5.17. The lowest BCUT2D eigenvalue weighted by atomic mass is 10.1. The number of hydrogen-bond donors (Lipinski definition) is 2. The average molecular weight is 483 g/mol. The van der Waals surface area contributed by atoms with Gasteiger partial charge < -0.3 is 20.1 Å². The average Bonchev–Trinajstić information content (AvgIpc) is 2.82. The van der Waals surface area contributed by atoms with E-state index in [9.17, 15) is 4.79 Å². The molecule has 2 aromatic carbocycles. The van der Waals surface area contributed by atoms with Crippen molar-refractivity contribution in [2.45, 2.75) is 6.92 Å². The number of nitrogens with one attached hydrogen (secondary N) is 2. The lowest BCUT2D eigenvalue weighted by Crippen LogP contribution is -2.02. The molecule has 0 fully saturated rings. The molecule has 0 aliphatic carbocycles. The molecule has 0 aliphatic rings. The van der Waals surface area contributed by atoms with Gasteiger partial charge in [0.2, 0.25) is 6.41 Å². The van der Waals surface area contributed by atoms with Crippen molar-refractivity contribution in [3.63, 3.8) is 0 Å². The molecule has 0 aliphatic heterocycles. The highest BCUT2D eigenvalue weighted by Gasteiger charge is 2.20. The molecule has 168 valence electrons. The number of aryl methyl sites for hydroxylation is 1. The lowest BCUT2D eigenvalue weighted by molar-refractivity contribution is -0.105. The first-order chi connectivity index (χ1) is 16.0. The van der Waals surface area contributed by atoms with Crippen molar-refractivity contribution in [3.05, 3.63) is 64.4 Å². The number of methoxy groups -OCH3 is 2. The van der Waals surface area contributed by atoms with Crippen molar-refractivity contribution in [1.82, 2.24) is 9.97 Å². The van der Waals surface area contributed by atoms with E-state index in [2.05, 4.69) is 20.6 Å². The minimum absolute atomic E-state index is 0.344. The minimum Gasteiger partial charge on any atom is -0.495 e. The number of amides is 1. The maximum absolute atomic E-state index is 10.9. The van der Waals surface area contributed by atoms with E-state index in [4.69, 9.17) is 32.7 Å². The Morgan fingerprint density at radius 1 is 0.939 bits per heavy atom. The Labute approximate surface area is 200 Å². The maximum Gasteiger partial charge on any atom is 0.211 e. The number of ether oxygens (including phenoxy) is 2. The Hall–Kier alpha value is -3.55. The Morgan fingerprint density at radius 3 is 2.27 bits per heavy atom. The monoisotopic (exact) mass is 482 g/mol. The van der Waals surface area contributed by atoms with Crippen molar-refractivity contribution in [2.24, 2.45) is 0 Å². The van der Waals surface area contributed by atoms with Crippen molar-refractivity contribution >= 4 is 57.6 Å². The summed E-state index contributed by atoms with van der Waals surface area (Å²) in [5, 5.41) is 8.37. The molecule has 0 saturated heterocycles. The Balaban J connectivity index is 1.74. The van der Waals surface area contributed by atoms with Crippen LogP contribution in [0.25, 0.3) is 22.0 Å². The number of hydrogen-bond acceptors (Lipinski definition) is 6. The van der Waals surface area contributed by atoms with Gasteiger partial charge in [0.05, 0.1) is 41.3 Å².